The summed E-state index contributed by atoms with van der Waals surface area (Å²) in [5, 5.41) is 11.5. The van der Waals surface area contributed by atoms with Gasteiger partial charge in [0.2, 0.25) is 0 Å². The zero-order valence-corrected chi connectivity index (χ0v) is 21.3. The van der Waals surface area contributed by atoms with Gasteiger partial charge in [-0.3, -0.25) is 4.79 Å². The van der Waals surface area contributed by atoms with Crippen molar-refractivity contribution in [1.82, 2.24) is 24.6 Å². The van der Waals surface area contributed by atoms with E-state index in [1.165, 1.54) is 0 Å². The van der Waals surface area contributed by atoms with E-state index < -0.39 is 0 Å². The van der Waals surface area contributed by atoms with E-state index in [2.05, 4.69) is 25.1 Å². The highest BCUT2D eigenvalue weighted by atomic mass is 16.6. The highest BCUT2D eigenvalue weighted by Crippen LogP contribution is 2.30. The summed E-state index contributed by atoms with van der Waals surface area (Å²) in [7, 11) is 1.54. The fourth-order valence-corrected chi connectivity index (χ4v) is 5.22. The quantitative estimate of drug-likeness (QED) is 0.547. The molecule has 198 valence electrons. The highest BCUT2D eigenvalue weighted by molar-refractivity contribution is 6.06. The molecular weight excluding hydrogens is 488 g/mol. The zero-order chi connectivity index (χ0) is 26.1. The van der Waals surface area contributed by atoms with Crippen molar-refractivity contribution in [3.8, 4) is 17.3 Å². The first kappa shape index (κ1) is 24.4. The molecule has 11 heteroatoms. The average molecular weight is 519 g/mol. The fraction of sp³-hybridized carbons (Fsp3) is 0.444. The summed E-state index contributed by atoms with van der Waals surface area (Å²) in [6.07, 6.45) is 3.90. The van der Waals surface area contributed by atoms with Crippen LogP contribution in [0.3, 0.4) is 0 Å². The molecule has 0 radical (unpaired) electrons. The van der Waals surface area contributed by atoms with Crippen LogP contribution in [0.25, 0.3) is 11.5 Å². The number of methoxy groups -OCH3 is 1. The SMILES string of the molecule is COc1cc2c(cc1C(=O)Nc1cccc(-c3nnc4n3CCCC4)n1)CN(C(=O)OC1CCOC1)CC2. The van der Waals surface area contributed by atoms with Crippen LogP contribution in [-0.2, 0) is 35.4 Å². The number of fused-ring (bicyclic) bond motifs is 2. The second kappa shape index (κ2) is 10.4. The largest absolute Gasteiger partial charge is 0.496 e. The predicted octanol–water partition coefficient (Wildman–Crippen LogP) is 3.22. The molecule has 1 N–H and O–H groups in total. The summed E-state index contributed by atoms with van der Waals surface area (Å²) >= 11 is 0. The van der Waals surface area contributed by atoms with Gasteiger partial charge in [0.1, 0.15) is 29.2 Å². The third-order valence-electron chi connectivity index (χ3n) is 7.27. The van der Waals surface area contributed by atoms with Gasteiger partial charge in [0.25, 0.3) is 5.91 Å². The van der Waals surface area contributed by atoms with Gasteiger partial charge in [0.05, 0.1) is 25.9 Å². The maximum atomic E-state index is 13.4. The Balaban J connectivity index is 1.20. The van der Waals surface area contributed by atoms with Crippen LogP contribution >= 0.6 is 0 Å². The molecular formula is C27H30N6O5. The Kier molecular flexibility index (Phi) is 6.67. The van der Waals surface area contributed by atoms with Crippen LogP contribution in [0.2, 0.25) is 0 Å². The molecule has 11 nitrogen and oxygen atoms in total. The van der Waals surface area contributed by atoms with Crippen molar-refractivity contribution < 1.29 is 23.8 Å². The van der Waals surface area contributed by atoms with Gasteiger partial charge >= 0.3 is 6.09 Å². The maximum absolute atomic E-state index is 13.4. The third-order valence-corrected chi connectivity index (χ3v) is 7.27. The predicted molar refractivity (Wildman–Crippen MR) is 137 cm³/mol. The molecule has 2 amide bonds. The van der Waals surface area contributed by atoms with Crippen molar-refractivity contribution in [2.24, 2.45) is 0 Å². The molecule has 1 atom stereocenters. The molecule has 0 saturated carbocycles. The summed E-state index contributed by atoms with van der Waals surface area (Å²) < 4.78 is 18.5. The summed E-state index contributed by atoms with van der Waals surface area (Å²) in [5.74, 6) is 2.21. The third kappa shape index (κ3) is 4.81. The van der Waals surface area contributed by atoms with E-state index in [4.69, 9.17) is 14.2 Å². The van der Waals surface area contributed by atoms with Crippen LogP contribution in [0.15, 0.2) is 30.3 Å². The summed E-state index contributed by atoms with van der Waals surface area (Å²) in [5.41, 5.74) is 2.96. The Morgan fingerprint density at radius 2 is 2.03 bits per heavy atom. The number of amides is 2. The zero-order valence-electron chi connectivity index (χ0n) is 21.3. The van der Waals surface area contributed by atoms with Crippen molar-refractivity contribution in [2.75, 3.05) is 32.2 Å². The van der Waals surface area contributed by atoms with Crippen LogP contribution in [0.5, 0.6) is 5.75 Å². The van der Waals surface area contributed by atoms with E-state index in [1.54, 1.807) is 24.1 Å². The van der Waals surface area contributed by atoms with Crippen LogP contribution in [0.4, 0.5) is 10.6 Å². The number of aryl methyl sites for hydroxylation is 1. The number of nitrogens with one attached hydrogen (secondary N) is 1. The van der Waals surface area contributed by atoms with Crippen molar-refractivity contribution >= 4 is 17.8 Å². The average Bonchev–Trinajstić information content (AvgIpc) is 3.62. The second-order valence-corrected chi connectivity index (χ2v) is 9.77. The standard InChI is InChI=1S/C27H30N6O5/c1-36-22-14-17-8-11-32(27(35)38-19-9-12-37-16-19)15-18(17)13-20(22)26(34)29-23-6-4-5-21(28-23)25-31-30-24-7-2-3-10-33(24)25/h4-6,13-14,19H,2-3,7-12,15-16H2,1H3,(H,28,29,34). The molecule has 3 aliphatic rings. The minimum atomic E-state index is -0.357. The Morgan fingerprint density at radius 1 is 1.11 bits per heavy atom. The number of pyridine rings is 1. The van der Waals surface area contributed by atoms with Crippen LogP contribution in [-0.4, -0.2) is 69.6 Å². The summed E-state index contributed by atoms with van der Waals surface area (Å²) in [4.78, 5) is 32.4. The number of ether oxygens (including phenoxy) is 3. The van der Waals surface area contributed by atoms with Crippen molar-refractivity contribution in [1.29, 1.82) is 0 Å². The van der Waals surface area contributed by atoms with E-state index in [9.17, 15) is 9.59 Å². The van der Waals surface area contributed by atoms with E-state index in [0.717, 1.165) is 42.8 Å². The molecule has 0 aliphatic carbocycles. The number of hydrogen-bond acceptors (Lipinski definition) is 8. The topological polar surface area (TPSA) is 121 Å². The number of rotatable bonds is 5. The number of benzene rings is 1. The molecule has 0 spiro atoms. The van der Waals surface area contributed by atoms with Crippen molar-refractivity contribution in [2.45, 2.75) is 51.3 Å². The van der Waals surface area contributed by atoms with Gasteiger partial charge in [-0.05, 0) is 54.7 Å². The normalized spacial score (nSPS) is 18.4. The molecule has 1 unspecified atom stereocenters. The second-order valence-electron chi connectivity index (χ2n) is 9.77. The number of nitrogens with zero attached hydrogens (tertiary/aromatic N) is 5. The van der Waals surface area contributed by atoms with Gasteiger partial charge in [-0.1, -0.05) is 6.07 Å². The summed E-state index contributed by atoms with van der Waals surface area (Å²) in [6.45, 7) is 2.81. The maximum Gasteiger partial charge on any atom is 0.410 e. The number of aromatic nitrogens is 4. The summed E-state index contributed by atoms with van der Waals surface area (Å²) in [6, 6.07) is 9.12. The smallest absolute Gasteiger partial charge is 0.410 e. The first-order valence-corrected chi connectivity index (χ1v) is 13.0. The first-order valence-electron chi connectivity index (χ1n) is 13.0. The lowest BCUT2D eigenvalue weighted by atomic mass is 9.96. The first-order chi connectivity index (χ1) is 18.6. The lowest BCUT2D eigenvalue weighted by Gasteiger charge is -2.29. The van der Waals surface area contributed by atoms with E-state index >= 15 is 0 Å². The van der Waals surface area contributed by atoms with Gasteiger partial charge in [-0.2, -0.15) is 0 Å². The van der Waals surface area contributed by atoms with Gasteiger partial charge in [-0.15, -0.1) is 10.2 Å². The minimum absolute atomic E-state index is 0.201. The van der Waals surface area contributed by atoms with Gasteiger partial charge < -0.3 is 29.0 Å². The number of carbonyl (C=O) groups is 2. The van der Waals surface area contributed by atoms with Crippen molar-refractivity contribution in [3.05, 3.63) is 52.8 Å². The Labute approximate surface area is 220 Å². The number of anilines is 1. The molecule has 0 bridgehead atoms. The lowest BCUT2D eigenvalue weighted by Crippen LogP contribution is -2.38. The molecule has 38 heavy (non-hydrogen) atoms. The highest BCUT2D eigenvalue weighted by Gasteiger charge is 2.28. The molecule has 6 rings (SSSR count). The van der Waals surface area contributed by atoms with Crippen LogP contribution < -0.4 is 10.1 Å². The molecule has 3 aliphatic heterocycles. The molecule has 1 saturated heterocycles. The minimum Gasteiger partial charge on any atom is -0.496 e. The van der Waals surface area contributed by atoms with E-state index in [0.29, 0.717) is 67.8 Å². The van der Waals surface area contributed by atoms with Gasteiger partial charge in [0, 0.05) is 32.5 Å². The monoisotopic (exact) mass is 518 g/mol. The molecule has 1 aromatic carbocycles. The fourth-order valence-electron chi connectivity index (χ4n) is 5.22. The number of hydrogen-bond donors (Lipinski definition) is 1. The molecule has 3 aromatic rings. The van der Waals surface area contributed by atoms with Crippen LogP contribution in [0.1, 0.15) is 46.6 Å². The van der Waals surface area contributed by atoms with E-state index in [1.807, 2.05) is 18.2 Å². The Hall–Kier alpha value is -3.99. The van der Waals surface area contributed by atoms with Crippen molar-refractivity contribution in [3.63, 3.8) is 0 Å². The Morgan fingerprint density at radius 3 is 2.87 bits per heavy atom. The van der Waals surface area contributed by atoms with Gasteiger partial charge in [0.15, 0.2) is 5.82 Å². The molecule has 2 aromatic heterocycles. The van der Waals surface area contributed by atoms with E-state index in [-0.39, 0.29) is 18.1 Å². The number of carbonyl (C=O) groups excluding carboxylic acids is 2. The lowest BCUT2D eigenvalue weighted by molar-refractivity contribution is 0.0516. The van der Waals surface area contributed by atoms with Gasteiger partial charge in [-0.25, -0.2) is 9.78 Å². The molecule has 1 fully saturated rings. The Bertz CT molecular complexity index is 1370. The molecule has 5 heterocycles. The van der Waals surface area contributed by atoms with Crippen LogP contribution in [0, 0.1) is 0 Å².